The largest absolute Gasteiger partial charge is 0.492 e. The minimum absolute atomic E-state index is 0.144. The van der Waals surface area contributed by atoms with Crippen molar-refractivity contribution in [2.75, 3.05) is 48.9 Å². The number of hydrogen-bond acceptors (Lipinski definition) is 7. The molecule has 3 aliphatic heterocycles. The molecule has 7 rings (SSSR count). The molecule has 4 aliphatic rings. The van der Waals surface area contributed by atoms with E-state index < -0.39 is 0 Å². The summed E-state index contributed by atoms with van der Waals surface area (Å²) in [6.07, 6.45) is 1.45. The fraction of sp³-hybridized carbons (Fsp3) is 0.222. The SMILES string of the molecule is C=C1/C(=C2\NC(=O)c3cc(N(C)C)ccc3N2)C(=O)c2cc3c(cc21)C(=C)N(c1cc(OCCN2CCCC2=O)ccc1C)C3=O. The van der Waals surface area contributed by atoms with Gasteiger partial charge in [-0.2, -0.15) is 0 Å². The third-order valence-corrected chi connectivity index (χ3v) is 9.01. The first-order chi connectivity index (χ1) is 22.0. The molecule has 232 valence electrons. The van der Waals surface area contributed by atoms with Crippen molar-refractivity contribution in [2.45, 2.75) is 19.8 Å². The number of hydrogen-bond donors (Lipinski definition) is 2. The van der Waals surface area contributed by atoms with E-state index in [1.807, 2.05) is 50.2 Å². The number of aryl methyl sites for hydroxylation is 1. The zero-order valence-electron chi connectivity index (χ0n) is 26.0. The highest BCUT2D eigenvalue weighted by Crippen LogP contribution is 2.45. The maximum absolute atomic E-state index is 13.9. The van der Waals surface area contributed by atoms with Crippen LogP contribution < -0.4 is 25.2 Å². The van der Waals surface area contributed by atoms with Gasteiger partial charge in [0.05, 0.1) is 40.3 Å². The molecule has 0 saturated carbocycles. The van der Waals surface area contributed by atoms with E-state index in [0.717, 1.165) is 24.2 Å². The molecule has 0 aromatic heterocycles. The van der Waals surface area contributed by atoms with E-state index >= 15 is 0 Å². The summed E-state index contributed by atoms with van der Waals surface area (Å²) >= 11 is 0. The summed E-state index contributed by atoms with van der Waals surface area (Å²) in [6, 6.07) is 14.4. The zero-order chi connectivity index (χ0) is 32.4. The summed E-state index contributed by atoms with van der Waals surface area (Å²) in [6.45, 7) is 12.0. The summed E-state index contributed by atoms with van der Waals surface area (Å²) in [5.74, 6) is 0.00989. The number of amides is 3. The monoisotopic (exact) mass is 615 g/mol. The first-order valence-electron chi connectivity index (χ1n) is 15.1. The Balaban J connectivity index is 1.16. The molecule has 1 aliphatic carbocycles. The van der Waals surface area contributed by atoms with Gasteiger partial charge in [-0.3, -0.25) is 24.1 Å². The van der Waals surface area contributed by atoms with Crippen LogP contribution in [-0.4, -0.2) is 62.2 Å². The molecule has 46 heavy (non-hydrogen) atoms. The van der Waals surface area contributed by atoms with E-state index in [1.165, 1.54) is 0 Å². The molecule has 0 bridgehead atoms. The van der Waals surface area contributed by atoms with Crippen molar-refractivity contribution in [3.63, 3.8) is 0 Å². The smallest absolute Gasteiger partial charge is 0.263 e. The second-order valence-corrected chi connectivity index (χ2v) is 12.1. The number of likely N-dealkylation sites (tertiary alicyclic amines) is 1. The summed E-state index contributed by atoms with van der Waals surface area (Å²) < 4.78 is 5.97. The summed E-state index contributed by atoms with van der Waals surface area (Å²) in [5.41, 5.74) is 6.45. The molecule has 0 unspecified atom stereocenters. The second-order valence-electron chi connectivity index (χ2n) is 12.1. The van der Waals surface area contributed by atoms with Gasteiger partial charge < -0.3 is 25.2 Å². The molecule has 3 aromatic carbocycles. The number of carbonyl (C=O) groups excluding carboxylic acids is 4. The molecule has 0 radical (unpaired) electrons. The molecule has 0 atom stereocenters. The molecule has 1 saturated heterocycles. The molecule has 10 heteroatoms. The molecule has 3 aromatic rings. The third kappa shape index (κ3) is 4.56. The van der Waals surface area contributed by atoms with Crippen molar-refractivity contribution in [2.24, 2.45) is 0 Å². The number of anilines is 3. The third-order valence-electron chi connectivity index (χ3n) is 9.01. The van der Waals surface area contributed by atoms with Gasteiger partial charge in [0.2, 0.25) is 5.91 Å². The van der Waals surface area contributed by atoms with Crippen molar-refractivity contribution < 1.29 is 23.9 Å². The maximum atomic E-state index is 13.9. The van der Waals surface area contributed by atoms with E-state index in [4.69, 9.17) is 4.74 Å². The zero-order valence-corrected chi connectivity index (χ0v) is 26.0. The van der Waals surface area contributed by atoms with Gasteiger partial charge in [-0.15, -0.1) is 0 Å². The Labute approximate surface area is 266 Å². The van der Waals surface area contributed by atoms with Gasteiger partial charge in [0.25, 0.3) is 11.8 Å². The van der Waals surface area contributed by atoms with Crippen LogP contribution in [0.15, 0.2) is 73.1 Å². The van der Waals surface area contributed by atoms with E-state index in [-0.39, 0.29) is 34.9 Å². The fourth-order valence-corrected chi connectivity index (χ4v) is 6.46. The lowest BCUT2D eigenvalue weighted by molar-refractivity contribution is -0.128. The number of carbonyl (C=O) groups is 4. The fourth-order valence-electron chi connectivity index (χ4n) is 6.46. The van der Waals surface area contributed by atoms with Crippen LogP contribution in [0.1, 0.15) is 60.6 Å². The highest BCUT2D eigenvalue weighted by molar-refractivity contribution is 6.30. The van der Waals surface area contributed by atoms with Gasteiger partial charge in [0, 0.05) is 49.9 Å². The van der Waals surface area contributed by atoms with Gasteiger partial charge in [-0.05, 0) is 66.4 Å². The Bertz CT molecular complexity index is 1920. The van der Waals surface area contributed by atoms with E-state index in [9.17, 15) is 19.2 Å². The van der Waals surface area contributed by atoms with Crippen LogP contribution in [-0.2, 0) is 4.79 Å². The quantitative estimate of drug-likeness (QED) is 0.377. The minimum Gasteiger partial charge on any atom is -0.492 e. The van der Waals surface area contributed by atoms with Gasteiger partial charge in [-0.25, -0.2) is 0 Å². The average Bonchev–Trinajstić information content (AvgIpc) is 3.63. The van der Waals surface area contributed by atoms with Crippen LogP contribution in [0, 0.1) is 6.92 Å². The van der Waals surface area contributed by atoms with E-state index in [0.29, 0.717) is 75.8 Å². The van der Waals surface area contributed by atoms with Crippen LogP contribution >= 0.6 is 0 Å². The number of nitrogens with zero attached hydrogens (tertiary/aromatic N) is 3. The first-order valence-corrected chi connectivity index (χ1v) is 15.1. The summed E-state index contributed by atoms with van der Waals surface area (Å²) in [4.78, 5) is 58.0. The standard InChI is InChI=1S/C36H33N5O5/c1-19-8-10-23(46-14-13-40-12-6-7-31(40)42)16-30(19)41-21(3)25-17-24-20(2)32(33(43)26(24)18-27(25)36(41)45)34-37-29-11-9-22(39(4)5)15-28(29)35(44)38-34/h8-11,15-18,37H,2-3,6-7,12-14H2,1,4-5H3,(H,38,44)/b34-32+. The Morgan fingerprint density at radius 3 is 2.41 bits per heavy atom. The predicted octanol–water partition coefficient (Wildman–Crippen LogP) is 4.97. The van der Waals surface area contributed by atoms with Crippen LogP contribution in [0.2, 0.25) is 0 Å². The van der Waals surface area contributed by atoms with Gasteiger partial charge in [0.1, 0.15) is 18.2 Å². The number of ketones is 1. The van der Waals surface area contributed by atoms with Crippen LogP contribution in [0.3, 0.4) is 0 Å². The second kappa shape index (κ2) is 10.8. The van der Waals surface area contributed by atoms with Crippen molar-refractivity contribution in [1.82, 2.24) is 10.2 Å². The molecule has 2 N–H and O–H groups in total. The van der Waals surface area contributed by atoms with Gasteiger partial charge in [0.15, 0.2) is 5.78 Å². The van der Waals surface area contributed by atoms with Crippen molar-refractivity contribution in [3.8, 4) is 5.75 Å². The van der Waals surface area contributed by atoms with Crippen molar-refractivity contribution in [3.05, 3.63) is 106 Å². The highest BCUT2D eigenvalue weighted by atomic mass is 16.5. The Hall–Kier alpha value is -5.64. The lowest BCUT2D eigenvalue weighted by Crippen LogP contribution is -2.34. The van der Waals surface area contributed by atoms with Crippen molar-refractivity contribution in [1.29, 1.82) is 0 Å². The lowest BCUT2D eigenvalue weighted by atomic mass is 9.99. The summed E-state index contributed by atoms with van der Waals surface area (Å²) in [7, 11) is 3.79. The number of rotatable bonds is 6. The minimum atomic E-state index is -0.334. The van der Waals surface area contributed by atoms with Crippen LogP contribution in [0.5, 0.6) is 5.75 Å². The Kier molecular flexibility index (Phi) is 6.81. The predicted molar refractivity (Wildman–Crippen MR) is 177 cm³/mol. The topological polar surface area (TPSA) is 111 Å². The number of benzene rings is 3. The normalized spacial score (nSPS) is 18.5. The molecular formula is C36H33N5O5. The van der Waals surface area contributed by atoms with Gasteiger partial charge in [-0.1, -0.05) is 19.2 Å². The number of Topliss-reactive ketones (excluding diaryl/α,β-unsaturated/α-hetero) is 1. The maximum Gasteiger partial charge on any atom is 0.263 e. The van der Waals surface area contributed by atoms with Crippen LogP contribution in [0.25, 0.3) is 11.3 Å². The molecule has 3 heterocycles. The number of fused-ring (bicyclic) bond motifs is 3. The number of nitrogens with one attached hydrogen (secondary N) is 2. The molecule has 0 spiro atoms. The molecule has 1 fully saturated rings. The Morgan fingerprint density at radius 2 is 1.67 bits per heavy atom. The van der Waals surface area contributed by atoms with E-state index in [2.05, 4.69) is 23.8 Å². The molecule has 10 nitrogen and oxygen atoms in total. The van der Waals surface area contributed by atoms with E-state index in [1.54, 1.807) is 34.1 Å². The molecular weight excluding hydrogens is 582 g/mol. The summed E-state index contributed by atoms with van der Waals surface area (Å²) in [5, 5.41) is 6.03. The van der Waals surface area contributed by atoms with Gasteiger partial charge >= 0.3 is 0 Å². The molecule has 3 amide bonds. The number of ether oxygens (including phenoxy) is 1. The van der Waals surface area contributed by atoms with Crippen molar-refractivity contribution >= 4 is 51.8 Å². The average molecular weight is 616 g/mol. The number of allylic oxidation sites excluding steroid dienone is 2. The lowest BCUT2D eigenvalue weighted by Gasteiger charge is -2.24. The first kappa shape index (κ1) is 29.1. The Morgan fingerprint density at radius 1 is 0.891 bits per heavy atom. The van der Waals surface area contributed by atoms with Crippen LogP contribution in [0.4, 0.5) is 17.1 Å². The highest BCUT2D eigenvalue weighted by Gasteiger charge is 2.40.